The number of carbonyl (C=O) groups excluding carboxylic acids is 2. The van der Waals surface area contributed by atoms with E-state index in [1.165, 1.54) is 11.3 Å². The van der Waals surface area contributed by atoms with Crippen molar-refractivity contribution >= 4 is 28.3 Å². The lowest BCUT2D eigenvalue weighted by Gasteiger charge is -2.12. The highest BCUT2D eigenvalue weighted by Crippen LogP contribution is 2.22. The number of nitrogens with zero attached hydrogens (tertiary/aromatic N) is 1. The van der Waals surface area contributed by atoms with Gasteiger partial charge in [0.1, 0.15) is 0 Å². The lowest BCUT2D eigenvalue weighted by atomic mass is 9.93. The molecule has 1 aromatic rings. The molecule has 1 aromatic heterocycles. The first-order valence-electron chi connectivity index (χ1n) is 9.52. The molecule has 3 rings (SSSR count). The topological polar surface area (TPSA) is 71.1 Å². The van der Waals surface area contributed by atoms with Gasteiger partial charge in [-0.3, -0.25) is 14.9 Å². The van der Waals surface area contributed by atoms with E-state index in [2.05, 4.69) is 42.5 Å². The Balaban J connectivity index is 1.56. The minimum absolute atomic E-state index is 0.0409. The number of carbonyl (C=O) groups is 2. The molecule has 0 spiro atoms. The van der Waals surface area contributed by atoms with Gasteiger partial charge in [-0.05, 0) is 24.1 Å². The second-order valence-corrected chi connectivity index (χ2v) is 8.54. The summed E-state index contributed by atoms with van der Waals surface area (Å²) in [6.45, 7) is 6.25. The van der Waals surface area contributed by atoms with Crippen molar-refractivity contribution in [1.29, 1.82) is 0 Å². The molecule has 0 saturated heterocycles. The number of anilines is 1. The molecule has 0 aromatic carbocycles. The van der Waals surface area contributed by atoms with Crippen LogP contribution in [0, 0.1) is 11.3 Å². The van der Waals surface area contributed by atoms with Crippen LogP contribution < -0.4 is 10.6 Å². The maximum atomic E-state index is 12.4. The van der Waals surface area contributed by atoms with Crippen molar-refractivity contribution in [3.05, 3.63) is 83.1 Å². The largest absolute Gasteiger partial charge is 0.326 e. The van der Waals surface area contributed by atoms with Crippen LogP contribution in [0.2, 0.25) is 0 Å². The van der Waals surface area contributed by atoms with Crippen LogP contribution in [0.1, 0.15) is 26.5 Å². The first kappa shape index (κ1) is 20.7. The number of rotatable bonds is 5. The fourth-order valence-corrected chi connectivity index (χ4v) is 3.45. The summed E-state index contributed by atoms with van der Waals surface area (Å²) < 4.78 is 0. The molecule has 5 nitrogen and oxygen atoms in total. The summed E-state index contributed by atoms with van der Waals surface area (Å²) in [4.78, 5) is 29.1. The smallest absolute Gasteiger partial charge is 0.257 e. The zero-order valence-electron chi connectivity index (χ0n) is 16.8. The molecule has 2 aliphatic rings. The van der Waals surface area contributed by atoms with Gasteiger partial charge in [-0.15, -0.1) is 11.3 Å². The van der Waals surface area contributed by atoms with Crippen molar-refractivity contribution in [2.45, 2.75) is 27.2 Å². The predicted molar refractivity (Wildman–Crippen MR) is 118 cm³/mol. The molecule has 0 fully saturated rings. The van der Waals surface area contributed by atoms with Crippen molar-refractivity contribution in [1.82, 2.24) is 10.3 Å². The summed E-state index contributed by atoms with van der Waals surface area (Å²) >= 11 is 1.31. The van der Waals surface area contributed by atoms with E-state index in [0.717, 1.165) is 5.70 Å². The number of hydrogen-bond donors (Lipinski definition) is 2. The molecular formula is C23H25N3O2S. The maximum Gasteiger partial charge on any atom is 0.257 e. The Hall–Kier alpha value is -2.99. The van der Waals surface area contributed by atoms with Gasteiger partial charge in [0.25, 0.3) is 5.91 Å². The van der Waals surface area contributed by atoms with E-state index in [-0.39, 0.29) is 23.7 Å². The number of nitrogens with one attached hydrogen (secondary N) is 2. The van der Waals surface area contributed by atoms with Gasteiger partial charge in [-0.1, -0.05) is 63.3 Å². The standard InChI is InChI=1S/C23H25N3O2S/c1-16-6-4-7-17(10-9-16)21(28)26-22-25-19(15-29-22)14-20(27)24-18-8-5-12-23(2,3)13-11-18/h4-13,15-16H,14H2,1-3H3,(H,24,27)(H,25,26,28). The molecule has 0 saturated carbocycles. The second kappa shape index (κ2) is 9.01. The third-order valence-electron chi connectivity index (χ3n) is 4.42. The van der Waals surface area contributed by atoms with Gasteiger partial charge in [0.2, 0.25) is 5.91 Å². The molecule has 150 valence electrons. The minimum Gasteiger partial charge on any atom is -0.326 e. The van der Waals surface area contributed by atoms with Gasteiger partial charge in [-0.25, -0.2) is 4.98 Å². The van der Waals surface area contributed by atoms with E-state index in [1.54, 1.807) is 11.5 Å². The molecule has 2 N–H and O–H groups in total. The summed E-state index contributed by atoms with van der Waals surface area (Å²) in [5, 5.41) is 7.96. The average molecular weight is 408 g/mol. The van der Waals surface area contributed by atoms with Crippen LogP contribution in [0.3, 0.4) is 0 Å². The number of thiazole rings is 1. The van der Waals surface area contributed by atoms with Gasteiger partial charge in [0.05, 0.1) is 12.1 Å². The zero-order chi connectivity index (χ0) is 20.9. The number of aromatic nitrogens is 1. The highest BCUT2D eigenvalue weighted by molar-refractivity contribution is 7.14. The molecule has 0 radical (unpaired) electrons. The van der Waals surface area contributed by atoms with Gasteiger partial charge in [-0.2, -0.15) is 0 Å². The van der Waals surface area contributed by atoms with Crippen LogP contribution in [0.15, 0.2) is 77.4 Å². The van der Waals surface area contributed by atoms with Crippen LogP contribution >= 0.6 is 11.3 Å². The van der Waals surface area contributed by atoms with Gasteiger partial charge in [0.15, 0.2) is 5.13 Å². The molecule has 0 bridgehead atoms. The molecule has 2 amide bonds. The Kier molecular flexibility index (Phi) is 6.44. The molecule has 2 aliphatic carbocycles. The van der Waals surface area contributed by atoms with E-state index < -0.39 is 0 Å². The molecule has 1 heterocycles. The Labute approximate surface area is 175 Å². The molecule has 29 heavy (non-hydrogen) atoms. The highest BCUT2D eigenvalue weighted by atomic mass is 32.1. The Morgan fingerprint density at radius 1 is 1.10 bits per heavy atom. The van der Waals surface area contributed by atoms with Crippen molar-refractivity contribution in [2.24, 2.45) is 11.3 Å². The van der Waals surface area contributed by atoms with Gasteiger partial charge in [0, 0.05) is 22.1 Å². The molecule has 0 aliphatic heterocycles. The Bertz CT molecular complexity index is 974. The summed E-state index contributed by atoms with van der Waals surface area (Å²) in [7, 11) is 0. The van der Waals surface area contributed by atoms with E-state index in [1.807, 2.05) is 48.6 Å². The molecule has 1 unspecified atom stereocenters. The van der Waals surface area contributed by atoms with Crippen LogP contribution in [0.5, 0.6) is 0 Å². The normalized spacial score (nSPS) is 19.8. The van der Waals surface area contributed by atoms with Crippen molar-refractivity contribution in [3.8, 4) is 0 Å². The third-order valence-corrected chi connectivity index (χ3v) is 5.23. The number of hydrogen-bond acceptors (Lipinski definition) is 4. The average Bonchev–Trinajstić information content (AvgIpc) is 2.85. The number of allylic oxidation sites excluding steroid dienone is 9. The summed E-state index contributed by atoms with van der Waals surface area (Å²) in [5.74, 6) is -0.0688. The van der Waals surface area contributed by atoms with E-state index in [9.17, 15) is 9.59 Å². The highest BCUT2D eigenvalue weighted by Gasteiger charge is 2.14. The lowest BCUT2D eigenvalue weighted by Crippen LogP contribution is -2.24. The van der Waals surface area contributed by atoms with Crippen molar-refractivity contribution in [2.75, 3.05) is 5.32 Å². The van der Waals surface area contributed by atoms with Gasteiger partial charge < -0.3 is 5.32 Å². The summed E-state index contributed by atoms with van der Waals surface area (Å²) in [5.41, 5.74) is 1.90. The fourth-order valence-electron chi connectivity index (χ4n) is 2.74. The summed E-state index contributed by atoms with van der Waals surface area (Å²) in [6.07, 6.45) is 19.5. The van der Waals surface area contributed by atoms with E-state index in [0.29, 0.717) is 22.3 Å². The van der Waals surface area contributed by atoms with Crippen molar-refractivity contribution in [3.63, 3.8) is 0 Å². The predicted octanol–water partition coefficient (Wildman–Crippen LogP) is 4.46. The van der Waals surface area contributed by atoms with E-state index in [4.69, 9.17) is 0 Å². The van der Waals surface area contributed by atoms with Crippen LogP contribution in [0.25, 0.3) is 0 Å². The van der Waals surface area contributed by atoms with E-state index >= 15 is 0 Å². The molecule has 1 atom stereocenters. The summed E-state index contributed by atoms with van der Waals surface area (Å²) in [6, 6.07) is 0. The quantitative estimate of drug-likeness (QED) is 0.757. The first-order chi connectivity index (χ1) is 13.8. The first-order valence-corrected chi connectivity index (χ1v) is 10.4. The van der Waals surface area contributed by atoms with Crippen LogP contribution in [0.4, 0.5) is 5.13 Å². The maximum absolute atomic E-state index is 12.4. The van der Waals surface area contributed by atoms with Gasteiger partial charge >= 0.3 is 0 Å². The molecular weight excluding hydrogens is 382 g/mol. The minimum atomic E-state index is -0.214. The lowest BCUT2D eigenvalue weighted by molar-refractivity contribution is -0.119. The zero-order valence-corrected chi connectivity index (χ0v) is 17.6. The Morgan fingerprint density at radius 2 is 1.93 bits per heavy atom. The van der Waals surface area contributed by atoms with Crippen LogP contribution in [-0.2, 0) is 16.0 Å². The SMILES string of the molecule is CC1C=CC=C(C(=O)Nc2nc(CC(=O)NC3=CC=CC(C)(C)C=C3)cs2)C=C1. The van der Waals surface area contributed by atoms with Crippen LogP contribution in [-0.4, -0.2) is 16.8 Å². The second-order valence-electron chi connectivity index (χ2n) is 7.68. The number of amides is 2. The molecule has 6 heteroatoms. The van der Waals surface area contributed by atoms with Crippen molar-refractivity contribution < 1.29 is 9.59 Å². The third kappa shape index (κ3) is 6.26. The monoisotopic (exact) mass is 407 g/mol. The Morgan fingerprint density at radius 3 is 2.76 bits per heavy atom. The fraction of sp³-hybridized carbons (Fsp3) is 0.261.